The highest BCUT2D eigenvalue weighted by atomic mass is 16.5. The SMILES string of the molecule is Cc1ccc(C(=O)Nc2cnn(-c3ccc(C(=O)N(CC4CC4)CC4CCCO4)cc3)c2)c(C)c1. The molecule has 1 atom stereocenters. The van der Waals surface area contributed by atoms with Gasteiger partial charge in [0.25, 0.3) is 11.8 Å². The van der Waals surface area contributed by atoms with E-state index < -0.39 is 0 Å². The van der Waals surface area contributed by atoms with Crippen molar-refractivity contribution in [3.63, 3.8) is 0 Å². The molecule has 35 heavy (non-hydrogen) atoms. The van der Waals surface area contributed by atoms with E-state index in [4.69, 9.17) is 4.74 Å². The van der Waals surface area contributed by atoms with E-state index in [9.17, 15) is 9.59 Å². The summed E-state index contributed by atoms with van der Waals surface area (Å²) in [6.45, 7) is 6.21. The summed E-state index contributed by atoms with van der Waals surface area (Å²) in [5.41, 5.74) is 4.80. The lowest BCUT2D eigenvalue weighted by atomic mass is 10.1. The van der Waals surface area contributed by atoms with Crippen molar-refractivity contribution in [2.45, 2.75) is 45.6 Å². The lowest BCUT2D eigenvalue weighted by Gasteiger charge is -2.25. The summed E-state index contributed by atoms with van der Waals surface area (Å²) in [4.78, 5) is 27.9. The van der Waals surface area contributed by atoms with Crippen molar-refractivity contribution in [1.29, 1.82) is 0 Å². The third-order valence-corrected chi connectivity index (χ3v) is 6.76. The Morgan fingerprint density at radius 2 is 1.89 bits per heavy atom. The van der Waals surface area contributed by atoms with Gasteiger partial charge in [-0.05, 0) is 81.3 Å². The Morgan fingerprint density at radius 1 is 1.09 bits per heavy atom. The van der Waals surface area contributed by atoms with Crippen LogP contribution in [-0.2, 0) is 4.74 Å². The van der Waals surface area contributed by atoms with E-state index in [0.717, 1.165) is 42.8 Å². The fourth-order valence-corrected chi connectivity index (χ4v) is 4.62. The van der Waals surface area contributed by atoms with Gasteiger partial charge in [0.2, 0.25) is 0 Å². The number of benzene rings is 2. The molecule has 2 heterocycles. The van der Waals surface area contributed by atoms with Gasteiger partial charge in [-0.2, -0.15) is 5.10 Å². The van der Waals surface area contributed by atoms with Crippen molar-refractivity contribution in [3.05, 3.63) is 77.1 Å². The minimum Gasteiger partial charge on any atom is -0.376 e. The quantitative estimate of drug-likeness (QED) is 0.512. The van der Waals surface area contributed by atoms with E-state index in [-0.39, 0.29) is 17.9 Å². The molecule has 1 aliphatic heterocycles. The number of hydrogen-bond donors (Lipinski definition) is 1. The Labute approximate surface area is 206 Å². The first kappa shape index (κ1) is 23.3. The lowest BCUT2D eigenvalue weighted by Crippen LogP contribution is -2.38. The number of rotatable bonds is 8. The van der Waals surface area contributed by atoms with Gasteiger partial charge in [0.1, 0.15) is 0 Å². The number of ether oxygens (including phenoxy) is 1. The molecule has 1 N–H and O–H groups in total. The monoisotopic (exact) mass is 472 g/mol. The van der Waals surface area contributed by atoms with Crippen LogP contribution in [0.2, 0.25) is 0 Å². The highest BCUT2D eigenvalue weighted by molar-refractivity contribution is 6.05. The molecule has 2 aromatic carbocycles. The molecule has 1 aliphatic carbocycles. The molecule has 3 aromatic rings. The number of nitrogens with one attached hydrogen (secondary N) is 1. The number of anilines is 1. The molecule has 1 saturated carbocycles. The second-order valence-electron chi connectivity index (χ2n) is 9.78. The number of carbonyl (C=O) groups excluding carboxylic acids is 2. The van der Waals surface area contributed by atoms with Gasteiger partial charge in [-0.15, -0.1) is 0 Å². The van der Waals surface area contributed by atoms with Gasteiger partial charge in [0.15, 0.2) is 0 Å². The van der Waals surface area contributed by atoms with Crippen LogP contribution in [0.25, 0.3) is 5.69 Å². The molecular weight excluding hydrogens is 440 g/mol. The largest absolute Gasteiger partial charge is 0.376 e. The van der Waals surface area contributed by atoms with Crippen molar-refractivity contribution in [2.75, 3.05) is 25.0 Å². The van der Waals surface area contributed by atoms with Crippen LogP contribution in [0.4, 0.5) is 5.69 Å². The lowest BCUT2D eigenvalue weighted by molar-refractivity contribution is 0.0515. The molecule has 0 spiro atoms. The first-order chi connectivity index (χ1) is 17.0. The van der Waals surface area contributed by atoms with E-state index >= 15 is 0 Å². The van der Waals surface area contributed by atoms with Crippen LogP contribution in [0.5, 0.6) is 0 Å². The van der Waals surface area contributed by atoms with E-state index in [2.05, 4.69) is 10.4 Å². The Kier molecular flexibility index (Phi) is 6.68. The fraction of sp³-hybridized carbons (Fsp3) is 0.393. The normalized spacial score (nSPS) is 17.4. The Balaban J connectivity index is 1.25. The smallest absolute Gasteiger partial charge is 0.256 e. The van der Waals surface area contributed by atoms with Crippen LogP contribution in [-0.4, -0.2) is 52.3 Å². The van der Waals surface area contributed by atoms with Gasteiger partial charge in [-0.1, -0.05) is 17.7 Å². The molecule has 7 heteroatoms. The topological polar surface area (TPSA) is 76.5 Å². The maximum absolute atomic E-state index is 13.3. The van der Waals surface area contributed by atoms with Crippen LogP contribution in [0.15, 0.2) is 54.9 Å². The molecule has 5 rings (SSSR count). The average Bonchev–Trinajstić information content (AvgIpc) is 3.29. The van der Waals surface area contributed by atoms with Gasteiger partial charge in [-0.3, -0.25) is 9.59 Å². The van der Waals surface area contributed by atoms with Crippen molar-refractivity contribution in [3.8, 4) is 5.69 Å². The van der Waals surface area contributed by atoms with Gasteiger partial charge >= 0.3 is 0 Å². The van der Waals surface area contributed by atoms with Crippen LogP contribution >= 0.6 is 0 Å². The fourth-order valence-electron chi connectivity index (χ4n) is 4.62. The molecule has 2 aliphatic rings. The Hall–Kier alpha value is -3.45. The van der Waals surface area contributed by atoms with Crippen molar-refractivity contribution < 1.29 is 14.3 Å². The summed E-state index contributed by atoms with van der Waals surface area (Å²) < 4.78 is 7.48. The first-order valence-corrected chi connectivity index (χ1v) is 12.4. The number of hydrogen-bond acceptors (Lipinski definition) is 4. The third-order valence-electron chi connectivity index (χ3n) is 6.76. The maximum atomic E-state index is 13.3. The standard InChI is InChI=1S/C28H32N4O3/c1-19-5-12-26(20(2)14-19)27(33)30-23-15-29-32(17-23)24-10-8-22(9-11-24)28(34)31(16-21-6-7-21)18-25-4-3-13-35-25/h5,8-12,14-15,17,21,25H,3-4,6-7,13,16,18H2,1-2H3,(H,30,33). The molecule has 7 nitrogen and oxygen atoms in total. The van der Waals surface area contributed by atoms with E-state index in [1.807, 2.05) is 61.2 Å². The Morgan fingerprint density at radius 3 is 2.57 bits per heavy atom. The average molecular weight is 473 g/mol. The van der Waals surface area contributed by atoms with Crippen molar-refractivity contribution in [1.82, 2.24) is 14.7 Å². The minimum absolute atomic E-state index is 0.0563. The number of aryl methyl sites for hydroxylation is 2. The van der Waals surface area contributed by atoms with E-state index in [1.165, 1.54) is 12.8 Å². The summed E-state index contributed by atoms with van der Waals surface area (Å²) >= 11 is 0. The zero-order valence-corrected chi connectivity index (χ0v) is 20.4. The highest BCUT2D eigenvalue weighted by Gasteiger charge is 2.30. The van der Waals surface area contributed by atoms with Crippen LogP contribution in [0.1, 0.15) is 57.5 Å². The number of aromatic nitrogens is 2. The van der Waals surface area contributed by atoms with Crippen molar-refractivity contribution in [2.24, 2.45) is 5.92 Å². The second-order valence-corrected chi connectivity index (χ2v) is 9.78. The second kappa shape index (κ2) is 10.0. The molecular formula is C28H32N4O3. The van der Waals surface area contributed by atoms with Crippen LogP contribution < -0.4 is 5.32 Å². The molecule has 0 bridgehead atoms. The van der Waals surface area contributed by atoms with Crippen LogP contribution in [0, 0.1) is 19.8 Å². The molecule has 2 amide bonds. The molecule has 1 unspecified atom stereocenters. The van der Waals surface area contributed by atoms with Gasteiger partial charge in [0.05, 0.1) is 29.9 Å². The van der Waals surface area contributed by atoms with Crippen LogP contribution in [0.3, 0.4) is 0 Å². The number of carbonyl (C=O) groups is 2. The Bertz CT molecular complexity index is 1210. The van der Waals surface area contributed by atoms with Gasteiger partial charge in [-0.25, -0.2) is 4.68 Å². The summed E-state index contributed by atoms with van der Waals surface area (Å²) in [5.74, 6) is 0.520. The summed E-state index contributed by atoms with van der Waals surface area (Å²) in [7, 11) is 0. The minimum atomic E-state index is -0.162. The highest BCUT2D eigenvalue weighted by Crippen LogP contribution is 2.31. The summed E-state index contributed by atoms with van der Waals surface area (Å²) in [6.07, 6.45) is 8.05. The number of amides is 2. The summed E-state index contributed by atoms with van der Waals surface area (Å²) in [6, 6.07) is 13.2. The zero-order chi connectivity index (χ0) is 24.4. The molecule has 1 saturated heterocycles. The third kappa shape index (κ3) is 5.62. The maximum Gasteiger partial charge on any atom is 0.256 e. The molecule has 1 aromatic heterocycles. The predicted octanol–water partition coefficient (Wildman–Crippen LogP) is 4.77. The zero-order valence-electron chi connectivity index (χ0n) is 20.4. The van der Waals surface area contributed by atoms with Gasteiger partial charge in [0, 0.05) is 30.8 Å². The van der Waals surface area contributed by atoms with E-state index in [1.54, 1.807) is 17.1 Å². The van der Waals surface area contributed by atoms with E-state index in [0.29, 0.717) is 29.3 Å². The first-order valence-electron chi connectivity index (χ1n) is 12.4. The van der Waals surface area contributed by atoms with Gasteiger partial charge < -0.3 is 15.0 Å². The van der Waals surface area contributed by atoms with Crippen molar-refractivity contribution >= 4 is 17.5 Å². The number of nitrogens with zero attached hydrogens (tertiary/aromatic N) is 3. The predicted molar refractivity (Wildman–Crippen MR) is 135 cm³/mol. The summed E-state index contributed by atoms with van der Waals surface area (Å²) in [5, 5.41) is 7.30. The molecule has 0 radical (unpaired) electrons. The molecule has 182 valence electrons. The molecule has 2 fully saturated rings.